The second-order valence-corrected chi connectivity index (χ2v) is 6.40. The maximum absolute atomic E-state index is 5.83. The van der Waals surface area contributed by atoms with Crippen molar-refractivity contribution < 1.29 is 4.42 Å². The lowest BCUT2D eigenvalue weighted by molar-refractivity contribution is 0.574. The van der Waals surface area contributed by atoms with E-state index in [2.05, 4.69) is 52.9 Å². The van der Waals surface area contributed by atoms with Crippen LogP contribution in [0.25, 0.3) is 11.3 Å². The fourth-order valence-corrected chi connectivity index (χ4v) is 2.70. The van der Waals surface area contributed by atoms with Gasteiger partial charge in [0.1, 0.15) is 11.5 Å². The molecular formula is C20H20N4OS. The molecule has 0 aliphatic carbocycles. The highest BCUT2D eigenvalue weighted by molar-refractivity contribution is 7.80. The Labute approximate surface area is 158 Å². The van der Waals surface area contributed by atoms with Crippen molar-refractivity contribution in [1.29, 1.82) is 0 Å². The Morgan fingerprint density at radius 2 is 2.00 bits per heavy atom. The Morgan fingerprint density at radius 1 is 1.19 bits per heavy atom. The van der Waals surface area contributed by atoms with Crippen LogP contribution in [0.4, 0.5) is 0 Å². The molecule has 1 aromatic carbocycles. The molecule has 2 aromatic heterocycles. The number of nitrogens with one attached hydrogen (secondary N) is 2. The lowest BCUT2D eigenvalue weighted by Crippen LogP contribution is -2.31. The molecule has 0 spiro atoms. The van der Waals surface area contributed by atoms with Crippen LogP contribution >= 0.6 is 12.2 Å². The third-order valence-electron chi connectivity index (χ3n) is 3.67. The van der Waals surface area contributed by atoms with Crippen molar-refractivity contribution in [2.24, 2.45) is 5.10 Å². The van der Waals surface area contributed by atoms with E-state index >= 15 is 0 Å². The summed E-state index contributed by atoms with van der Waals surface area (Å²) in [7, 11) is 0. The predicted molar refractivity (Wildman–Crippen MR) is 108 cm³/mol. The highest BCUT2D eigenvalue weighted by Crippen LogP contribution is 2.23. The number of thiocarbonyl (C=S) groups is 1. The summed E-state index contributed by atoms with van der Waals surface area (Å²) < 4.78 is 5.83. The van der Waals surface area contributed by atoms with Gasteiger partial charge < -0.3 is 9.73 Å². The largest absolute Gasteiger partial charge is 0.455 e. The van der Waals surface area contributed by atoms with E-state index in [0.717, 1.165) is 16.9 Å². The SMILES string of the molecule is Cc1cc(C)cc(-c2ccc(/C=N/NC(=S)NCc3cccnc3)o2)c1. The molecule has 0 fully saturated rings. The fraction of sp³-hybridized carbons (Fsp3) is 0.150. The third kappa shape index (κ3) is 5.00. The zero-order valence-electron chi connectivity index (χ0n) is 14.7. The van der Waals surface area contributed by atoms with Gasteiger partial charge in [-0.3, -0.25) is 10.4 Å². The third-order valence-corrected chi connectivity index (χ3v) is 3.90. The van der Waals surface area contributed by atoms with E-state index in [1.165, 1.54) is 11.1 Å². The highest BCUT2D eigenvalue weighted by Gasteiger charge is 2.05. The van der Waals surface area contributed by atoms with Gasteiger partial charge in [0, 0.05) is 24.5 Å². The molecule has 0 amide bonds. The molecule has 5 nitrogen and oxygen atoms in total. The fourth-order valence-electron chi connectivity index (χ4n) is 2.57. The Kier molecular flexibility index (Phi) is 5.76. The van der Waals surface area contributed by atoms with E-state index in [1.54, 1.807) is 18.6 Å². The van der Waals surface area contributed by atoms with Crippen LogP contribution in [0.5, 0.6) is 0 Å². The molecule has 0 unspecified atom stereocenters. The number of furan rings is 1. The minimum Gasteiger partial charge on any atom is -0.455 e. The Balaban J connectivity index is 1.54. The number of pyridine rings is 1. The molecule has 2 N–H and O–H groups in total. The summed E-state index contributed by atoms with van der Waals surface area (Å²) >= 11 is 5.19. The molecule has 0 saturated carbocycles. The summed E-state index contributed by atoms with van der Waals surface area (Å²) in [5, 5.41) is 7.61. The molecule has 26 heavy (non-hydrogen) atoms. The van der Waals surface area contributed by atoms with Crippen LogP contribution in [0.2, 0.25) is 0 Å². The zero-order chi connectivity index (χ0) is 18.4. The van der Waals surface area contributed by atoms with Crippen molar-refractivity contribution in [2.45, 2.75) is 20.4 Å². The Bertz CT molecular complexity index is 898. The highest BCUT2D eigenvalue weighted by atomic mass is 32.1. The van der Waals surface area contributed by atoms with Gasteiger partial charge in [-0.25, -0.2) is 0 Å². The van der Waals surface area contributed by atoms with Crippen molar-refractivity contribution >= 4 is 23.5 Å². The van der Waals surface area contributed by atoms with E-state index in [-0.39, 0.29) is 0 Å². The second kappa shape index (κ2) is 8.40. The maximum atomic E-state index is 5.83. The predicted octanol–water partition coefficient (Wildman–Crippen LogP) is 3.96. The van der Waals surface area contributed by atoms with E-state index in [9.17, 15) is 0 Å². The molecule has 6 heteroatoms. The van der Waals surface area contributed by atoms with E-state index in [0.29, 0.717) is 17.4 Å². The Hall–Kier alpha value is -2.99. The molecule has 2 heterocycles. The molecule has 3 rings (SSSR count). The molecule has 132 valence electrons. The molecule has 0 saturated heterocycles. The van der Waals surface area contributed by atoms with Gasteiger partial charge in [0.25, 0.3) is 0 Å². The first-order chi connectivity index (χ1) is 12.6. The van der Waals surface area contributed by atoms with E-state index < -0.39 is 0 Å². The molecule has 0 bridgehead atoms. The molecule has 0 aliphatic heterocycles. The summed E-state index contributed by atoms with van der Waals surface area (Å²) in [6, 6.07) is 14.0. The summed E-state index contributed by atoms with van der Waals surface area (Å²) in [6.07, 6.45) is 5.13. The van der Waals surface area contributed by atoms with Gasteiger partial charge in [-0.05, 0) is 62.0 Å². The Morgan fingerprint density at radius 3 is 2.73 bits per heavy atom. The lowest BCUT2D eigenvalue weighted by Gasteiger charge is -2.06. The van der Waals surface area contributed by atoms with Gasteiger partial charge in [-0.2, -0.15) is 5.10 Å². The summed E-state index contributed by atoms with van der Waals surface area (Å²) in [4.78, 5) is 4.06. The zero-order valence-corrected chi connectivity index (χ0v) is 15.5. The average molecular weight is 364 g/mol. The molecule has 0 atom stereocenters. The van der Waals surface area contributed by atoms with Crippen LogP contribution in [0.15, 0.2) is 64.4 Å². The van der Waals surface area contributed by atoms with Crippen LogP contribution in [0.3, 0.4) is 0 Å². The lowest BCUT2D eigenvalue weighted by atomic mass is 10.1. The van der Waals surface area contributed by atoms with Crippen LogP contribution < -0.4 is 10.7 Å². The number of hydrazone groups is 1. The second-order valence-electron chi connectivity index (χ2n) is 5.99. The van der Waals surface area contributed by atoms with Crippen molar-refractivity contribution in [3.05, 3.63) is 77.3 Å². The van der Waals surface area contributed by atoms with Gasteiger partial charge in [-0.1, -0.05) is 23.3 Å². The quantitative estimate of drug-likeness (QED) is 0.408. The molecule has 0 aliphatic rings. The van der Waals surface area contributed by atoms with Crippen LogP contribution in [0.1, 0.15) is 22.5 Å². The van der Waals surface area contributed by atoms with Crippen LogP contribution in [-0.4, -0.2) is 16.3 Å². The number of nitrogens with zero attached hydrogens (tertiary/aromatic N) is 2. The first-order valence-electron chi connectivity index (χ1n) is 8.24. The van der Waals surface area contributed by atoms with Gasteiger partial charge in [0.2, 0.25) is 0 Å². The van der Waals surface area contributed by atoms with Crippen molar-refractivity contribution in [3.8, 4) is 11.3 Å². The van der Waals surface area contributed by atoms with Gasteiger partial charge in [-0.15, -0.1) is 0 Å². The monoisotopic (exact) mass is 364 g/mol. The first-order valence-corrected chi connectivity index (χ1v) is 8.65. The number of hydrogen-bond donors (Lipinski definition) is 2. The summed E-state index contributed by atoms with van der Waals surface area (Å²) in [5.74, 6) is 1.47. The van der Waals surface area contributed by atoms with Crippen molar-refractivity contribution in [3.63, 3.8) is 0 Å². The number of aromatic nitrogens is 1. The molecule has 3 aromatic rings. The number of aryl methyl sites for hydroxylation is 2. The number of rotatable bonds is 5. The molecular weight excluding hydrogens is 344 g/mol. The standard InChI is InChI=1S/C20H20N4OS/c1-14-8-15(2)10-17(9-14)19-6-5-18(25-19)13-23-24-20(26)22-12-16-4-3-7-21-11-16/h3-11,13H,12H2,1-2H3,(H2,22,24,26)/b23-13+. The van der Waals surface area contributed by atoms with Crippen molar-refractivity contribution in [2.75, 3.05) is 0 Å². The molecule has 0 radical (unpaired) electrons. The average Bonchev–Trinajstić information content (AvgIpc) is 3.09. The van der Waals surface area contributed by atoms with Crippen LogP contribution in [0, 0.1) is 13.8 Å². The summed E-state index contributed by atoms with van der Waals surface area (Å²) in [6.45, 7) is 4.74. The van der Waals surface area contributed by atoms with E-state index in [4.69, 9.17) is 16.6 Å². The van der Waals surface area contributed by atoms with Gasteiger partial charge in [0.15, 0.2) is 5.11 Å². The number of benzene rings is 1. The minimum atomic E-state index is 0.436. The maximum Gasteiger partial charge on any atom is 0.187 e. The first kappa shape index (κ1) is 17.8. The topological polar surface area (TPSA) is 62.5 Å². The minimum absolute atomic E-state index is 0.436. The number of hydrogen-bond acceptors (Lipinski definition) is 4. The van der Waals surface area contributed by atoms with Gasteiger partial charge >= 0.3 is 0 Å². The van der Waals surface area contributed by atoms with Gasteiger partial charge in [0.05, 0.1) is 6.21 Å². The van der Waals surface area contributed by atoms with E-state index in [1.807, 2.05) is 24.3 Å². The van der Waals surface area contributed by atoms with Crippen LogP contribution in [-0.2, 0) is 6.54 Å². The summed E-state index contributed by atoms with van der Waals surface area (Å²) in [5.41, 5.74) is 7.30. The normalized spacial score (nSPS) is 10.8. The smallest absolute Gasteiger partial charge is 0.187 e. The van der Waals surface area contributed by atoms with Crippen molar-refractivity contribution in [1.82, 2.24) is 15.7 Å².